The van der Waals surface area contributed by atoms with E-state index in [1.807, 2.05) is 4.90 Å². The molecule has 5 nitrogen and oxygen atoms in total. The second-order valence-electron chi connectivity index (χ2n) is 5.90. The van der Waals surface area contributed by atoms with E-state index in [1.165, 1.54) is 12.1 Å². The Morgan fingerprint density at radius 1 is 1.04 bits per heavy atom. The quantitative estimate of drug-likeness (QED) is 0.756. The number of nitrogens with zero attached hydrogens (tertiary/aromatic N) is 3. The highest BCUT2D eigenvalue weighted by atomic mass is 19.1. The Kier molecular flexibility index (Phi) is 7.32. The van der Waals surface area contributed by atoms with E-state index in [4.69, 9.17) is 0 Å². The third-order valence-electron chi connectivity index (χ3n) is 3.79. The highest BCUT2D eigenvalue weighted by Gasteiger charge is 2.15. The van der Waals surface area contributed by atoms with Crippen LogP contribution < -0.4 is 5.32 Å². The molecule has 0 unspecified atom stereocenters. The number of nitrogens with one attached hydrogen (secondary N) is 1. The van der Waals surface area contributed by atoms with E-state index in [2.05, 4.69) is 29.4 Å². The van der Waals surface area contributed by atoms with E-state index in [1.54, 1.807) is 24.3 Å². The second-order valence-corrected chi connectivity index (χ2v) is 5.90. The number of amides is 1. The minimum atomic E-state index is -0.233. The van der Waals surface area contributed by atoms with Crippen molar-refractivity contribution in [2.24, 2.45) is 0 Å². The SMILES string of the molecule is CCCN(CCC)C(=O)c1ccc(NCCc2ccc(F)cc2)nn1. The summed E-state index contributed by atoms with van der Waals surface area (Å²) in [5.41, 5.74) is 1.41. The largest absolute Gasteiger partial charge is 0.368 e. The fourth-order valence-electron chi connectivity index (χ4n) is 2.54. The van der Waals surface area contributed by atoms with Gasteiger partial charge in [-0.2, -0.15) is 0 Å². The van der Waals surface area contributed by atoms with Crippen LogP contribution in [0.3, 0.4) is 0 Å². The van der Waals surface area contributed by atoms with E-state index in [0.717, 1.165) is 37.9 Å². The van der Waals surface area contributed by atoms with Crippen molar-refractivity contribution in [1.29, 1.82) is 0 Å². The summed E-state index contributed by atoms with van der Waals surface area (Å²) in [6.45, 7) is 6.22. The minimum absolute atomic E-state index is 0.0749. The standard InChI is InChI=1S/C19H25FN4O/c1-3-13-24(14-4-2)19(25)17-9-10-18(23-22-17)21-12-11-15-5-7-16(20)8-6-15/h5-10H,3-4,11-14H2,1-2H3,(H,21,23). The molecule has 6 heteroatoms. The van der Waals surface area contributed by atoms with Gasteiger partial charge in [-0.3, -0.25) is 4.79 Å². The molecule has 1 aromatic heterocycles. The molecular weight excluding hydrogens is 319 g/mol. The molecule has 134 valence electrons. The number of carbonyl (C=O) groups excluding carboxylic acids is 1. The van der Waals surface area contributed by atoms with Crippen LogP contribution in [0.15, 0.2) is 36.4 Å². The molecule has 0 fully saturated rings. The number of aromatic nitrogens is 2. The van der Waals surface area contributed by atoms with Crippen molar-refractivity contribution in [1.82, 2.24) is 15.1 Å². The lowest BCUT2D eigenvalue weighted by atomic mass is 10.1. The fraction of sp³-hybridized carbons (Fsp3) is 0.421. The number of rotatable bonds is 9. The van der Waals surface area contributed by atoms with Crippen LogP contribution in [-0.2, 0) is 6.42 Å². The number of halogens is 1. The van der Waals surface area contributed by atoms with Gasteiger partial charge in [-0.25, -0.2) is 4.39 Å². The van der Waals surface area contributed by atoms with Crippen LogP contribution in [0.25, 0.3) is 0 Å². The predicted molar refractivity (Wildman–Crippen MR) is 97.1 cm³/mol. The number of hydrogen-bond donors (Lipinski definition) is 1. The molecular formula is C19H25FN4O. The fourth-order valence-corrected chi connectivity index (χ4v) is 2.54. The molecule has 1 N–H and O–H groups in total. The molecule has 1 aromatic carbocycles. The van der Waals surface area contributed by atoms with Crippen molar-refractivity contribution >= 4 is 11.7 Å². The second kappa shape index (κ2) is 9.71. The summed E-state index contributed by atoms with van der Waals surface area (Å²) >= 11 is 0. The summed E-state index contributed by atoms with van der Waals surface area (Å²) in [5, 5.41) is 11.3. The van der Waals surface area contributed by atoms with Crippen LogP contribution in [0.5, 0.6) is 0 Å². The first-order chi connectivity index (χ1) is 12.1. The first-order valence-electron chi connectivity index (χ1n) is 8.75. The first-order valence-corrected chi connectivity index (χ1v) is 8.75. The van der Waals surface area contributed by atoms with E-state index < -0.39 is 0 Å². The highest BCUT2D eigenvalue weighted by molar-refractivity contribution is 5.92. The first kappa shape index (κ1) is 18.8. The minimum Gasteiger partial charge on any atom is -0.368 e. The zero-order chi connectivity index (χ0) is 18.1. The maximum absolute atomic E-state index is 12.9. The van der Waals surface area contributed by atoms with Crippen molar-refractivity contribution in [2.45, 2.75) is 33.1 Å². The third kappa shape index (κ3) is 5.81. The van der Waals surface area contributed by atoms with Gasteiger partial charge in [0.1, 0.15) is 11.6 Å². The number of hydrogen-bond acceptors (Lipinski definition) is 4. The van der Waals surface area contributed by atoms with Crippen LogP contribution in [0.2, 0.25) is 0 Å². The van der Waals surface area contributed by atoms with Gasteiger partial charge in [-0.05, 0) is 49.1 Å². The van der Waals surface area contributed by atoms with Crippen molar-refractivity contribution in [3.05, 3.63) is 53.5 Å². The summed E-state index contributed by atoms with van der Waals surface area (Å²) in [6.07, 6.45) is 2.59. The van der Waals surface area contributed by atoms with Crippen LogP contribution in [0.1, 0.15) is 42.7 Å². The van der Waals surface area contributed by atoms with Gasteiger partial charge in [0.15, 0.2) is 5.69 Å². The van der Waals surface area contributed by atoms with E-state index in [-0.39, 0.29) is 11.7 Å². The molecule has 0 saturated heterocycles. The topological polar surface area (TPSA) is 58.1 Å². The summed E-state index contributed by atoms with van der Waals surface area (Å²) < 4.78 is 12.9. The van der Waals surface area contributed by atoms with Crippen LogP contribution in [0.4, 0.5) is 10.2 Å². The Hall–Kier alpha value is -2.50. The van der Waals surface area contributed by atoms with Crippen LogP contribution in [-0.4, -0.2) is 40.6 Å². The average Bonchev–Trinajstić information content (AvgIpc) is 2.63. The van der Waals surface area contributed by atoms with Crippen molar-refractivity contribution < 1.29 is 9.18 Å². The summed E-state index contributed by atoms with van der Waals surface area (Å²) in [7, 11) is 0. The third-order valence-corrected chi connectivity index (χ3v) is 3.79. The number of benzene rings is 1. The lowest BCUT2D eigenvalue weighted by Gasteiger charge is -2.20. The van der Waals surface area contributed by atoms with Crippen molar-refractivity contribution in [3.63, 3.8) is 0 Å². The van der Waals surface area contributed by atoms with Gasteiger partial charge in [0.2, 0.25) is 0 Å². The molecule has 2 rings (SSSR count). The van der Waals surface area contributed by atoms with Crippen molar-refractivity contribution in [3.8, 4) is 0 Å². The number of anilines is 1. The van der Waals surface area contributed by atoms with E-state index in [9.17, 15) is 9.18 Å². The maximum Gasteiger partial charge on any atom is 0.274 e. The van der Waals surface area contributed by atoms with E-state index >= 15 is 0 Å². The summed E-state index contributed by atoms with van der Waals surface area (Å²) in [4.78, 5) is 14.2. The van der Waals surface area contributed by atoms with Gasteiger partial charge in [0.25, 0.3) is 5.91 Å². The van der Waals surface area contributed by atoms with Gasteiger partial charge in [0, 0.05) is 19.6 Å². The van der Waals surface area contributed by atoms with Gasteiger partial charge in [0.05, 0.1) is 0 Å². The van der Waals surface area contributed by atoms with Crippen molar-refractivity contribution in [2.75, 3.05) is 25.0 Å². The molecule has 0 aliphatic carbocycles. The Morgan fingerprint density at radius 3 is 2.28 bits per heavy atom. The zero-order valence-corrected chi connectivity index (χ0v) is 14.8. The summed E-state index contributed by atoms with van der Waals surface area (Å²) in [5.74, 6) is 0.313. The molecule has 25 heavy (non-hydrogen) atoms. The van der Waals surface area contributed by atoms with Crippen LogP contribution >= 0.6 is 0 Å². The molecule has 1 amide bonds. The van der Waals surface area contributed by atoms with Gasteiger partial charge in [-0.1, -0.05) is 26.0 Å². The summed E-state index contributed by atoms with van der Waals surface area (Å²) in [6, 6.07) is 9.90. The smallest absolute Gasteiger partial charge is 0.274 e. The predicted octanol–water partition coefficient (Wildman–Crippen LogP) is 3.53. The number of carbonyl (C=O) groups is 1. The zero-order valence-electron chi connectivity index (χ0n) is 14.8. The lowest BCUT2D eigenvalue weighted by Crippen LogP contribution is -2.33. The van der Waals surface area contributed by atoms with Gasteiger partial charge in [-0.15, -0.1) is 10.2 Å². The Balaban J connectivity index is 1.88. The van der Waals surface area contributed by atoms with E-state index in [0.29, 0.717) is 18.1 Å². The molecule has 0 saturated carbocycles. The molecule has 0 radical (unpaired) electrons. The van der Waals surface area contributed by atoms with Crippen LogP contribution in [0, 0.1) is 5.82 Å². The van der Waals surface area contributed by atoms with Gasteiger partial charge >= 0.3 is 0 Å². The molecule has 0 spiro atoms. The van der Waals surface area contributed by atoms with Gasteiger partial charge < -0.3 is 10.2 Å². The highest BCUT2D eigenvalue weighted by Crippen LogP contribution is 2.08. The molecule has 0 atom stereocenters. The Labute approximate surface area is 148 Å². The molecule has 2 aromatic rings. The lowest BCUT2D eigenvalue weighted by molar-refractivity contribution is 0.0748. The Bertz CT molecular complexity index is 652. The molecule has 0 bridgehead atoms. The maximum atomic E-state index is 12.9. The normalized spacial score (nSPS) is 10.5. The monoisotopic (exact) mass is 344 g/mol. The molecule has 1 heterocycles. The molecule has 0 aliphatic heterocycles. The average molecular weight is 344 g/mol. The Morgan fingerprint density at radius 2 is 1.72 bits per heavy atom. The molecule has 0 aliphatic rings.